The van der Waals surface area contributed by atoms with Crippen molar-refractivity contribution in [2.45, 2.75) is 37.5 Å². The molecular weight excluding hydrogens is 208 g/mol. The Kier molecular flexibility index (Phi) is 1.80. The van der Waals surface area contributed by atoms with Crippen LogP contribution in [0.1, 0.15) is 30.5 Å². The molecule has 16 heavy (non-hydrogen) atoms. The fraction of sp³-hybridized carbons (Fsp3) is 0.462. The van der Waals surface area contributed by atoms with Gasteiger partial charge in [-0.05, 0) is 43.5 Å². The van der Waals surface area contributed by atoms with Crippen LogP contribution in [-0.2, 0) is 0 Å². The quantitative estimate of drug-likeness (QED) is 0.708. The SMILES string of the molecule is Cc1ccnc(C2=CC3(F)CCC2(F)C3)c1. The lowest BCUT2D eigenvalue weighted by atomic mass is 9.92. The molecule has 2 aliphatic carbocycles. The number of nitrogens with zero attached hydrogens (tertiary/aromatic N) is 1. The highest BCUT2D eigenvalue weighted by molar-refractivity contribution is 5.75. The monoisotopic (exact) mass is 221 g/mol. The van der Waals surface area contributed by atoms with E-state index in [0.717, 1.165) is 5.56 Å². The van der Waals surface area contributed by atoms with Crippen LogP contribution in [0.4, 0.5) is 8.78 Å². The molecule has 0 N–H and O–H groups in total. The van der Waals surface area contributed by atoms with Crippen molar-refractivity contribution in [2.24, 2.45) is 0 Å². The second-order valence-corrected chi connectivity index (χ2v) is 4.95. The van der Waals surface area contributed by atoms with E-state index >= 15 is 0 Å². The lowest BCUT2D eigenvalue weighted by Crippen LogP contribution is -2.18. The number of hydrogen-bond acceptors (Lipinski definition) is 1. The predicted molar refractivity (Wildman–Crippen MR) is 58.5 cm³/mol. The van der Waals surface area contributed by atoms with Crippen LogP contribution < -0.4 is 0 Å². The van der Waals surface area contributed by atoms with Gasteiger partial charge in [-0.2, -0.15) is 0 Å². The zero-order chi connectivity index (χ0) is 11.4. The summed E-state index contributed by atoms with van der Waals surface area (Å²) in [6, 6.07) is 3.67. The highest BCUT2D eigenvalue weighted by Gasteiger charge is 2.56. The molecule has 2 aliphatic rings. The summed E-state index contributed by atoms with van der Waals surface area (Å²) < 4.78 is 28.5. The van der Waals surface area contributed by atoms with Crippen LogP contribution in [-0.4, -0.2) is 16.3 Å². The van der Waals surface area contributed by atoms with E-state index in [1.165, 1.54) is 6.08 Å². The van der Waals surface area contributed by atoms with Crippen molar-refractivity contribution in [3.8, 4) is 0 Å². The van der Waals surface area contributed by atoms with Crippen LogP contribution in [0.2, 0.25) is 0 Å². The van der Waals surface area contributed by atoms with Gasteiger partial charge in [0.05, 0.1) is 5.69 Å². The Morgan fingerprint density at radius 2 is 2.12 bits per heavy atom. The fourth-order valence-corrected chi connectivity index (χ4v) is 2.78. The van der Waals surface area contributed by atoms with E-state index in [9.17, 15) is 8.78 Å². The predicted octanol–water partition coefficient (Wildman–Crippen LogP) is 3.39. The Morgan fingerprint density at radius 3 is 2.69 bits per heavy atom. The molecule has 84 valence electrons. The highest BCUT2D eigenvalue weighted by atomic mass is 19.2. The van der Waals surface area contributed by atoms with Gasteiger partial charge in [0.25, 0.3) is 0 Å². The number of alkyl halides is 2. The van der Waals surface area contributed by atoms with Crippen molar-refractivity contribution in [3.63, 3.8) is 0 Å². The van der Waals surface area contributed by atoms with Crippen LogP contribution in [0.25, 0.3) is 5.57 Å². The molecule has 1 saturated carbocycles. The topological polar surface area (TPSA) is 12.9 Å². The van der Waals surface area contributed by atoms with Crippen LogP contribution in [0.15, 0.2) is 24.4 Å². The molecular formula is C13H13F2N. The van der Waals surface area contributed by atoms with Gasteiger partial charge in [-0.25, -0.2) is 8.78 Å². The van der Waals surface area contributed by atoms with Crippen LogP contribution in [0.3, 0.4) is 0 Å². The van der Waals surface area contributed by atoms with E-state index in [2.05, 4.69) is 4.98 Å². The highest BCUT2D eigenvalue weighted by Crippen LogP contribution is 2.56. The third kappa shape index (κ3) is 1.30. The molecule has 0 saturated heterocycles. The van der Waals surface area contributed by atoms with Gasteiger partial charge in [0, 0.05) is 18.2 Å². The number of aryl methyl sites for hydroxylation is 1. The number of aromatic nitrogens is 1. The molecule has 3 rings (SSSR count). The maximum atomic E-state index is 14.5. The van der Waals surface area contributed by atoms with Gasteiger partial charge < -0.3 is 0 Å². The van der Waals surface area contributed by atoms with Gasteiger partial charge in [0.2, 0.25) is 0 Å². The number of fused-ring (bicyclic) bond motifs is 2. The number of halogens is 2. The molecule has 0 aromatic carbocycles. The van der Waals surface area contributed by atoms with Crippen LogP contribution >= 0.6 is 0 Å². The summed E-state index contributed by atoms with van der Waals surface area (Å²) in [4.78, 5) is 4.14. The minimum absolute atomic E-state index is 0.0229. The summed E-state index contributed by atoms with van der Waals surface area (Å²) in [7, 11) is 0. The average Bonchev–Trinajstić information content (AvgIpc) is 2.66. The largest absolute Gasteiger partial charge is 0.256 e. The molecule has 3 heteroatoms. The van der Waals surface area contributed by atoms with Crippen molar-refractivity contribution >= 4 is 5.57 Å². The lowest BCUT2D eigenvalue weighted by molar-refractivity contribution is 0.209. The normalized spacial score (nSPS) is 36.6. The molecule has 2 bridgehead atoms. The first-order valence-corrected chi connectivity index (χ1v) is 5.55. The zero-order valence-corrected chi connectivity index (χ0v) is 9.13. The second kappa shape index (κ2) is 2.90. The number of pyridine rings is 1. The van der Waals surface area contributed by atoms with Gasteiger partial charge in [-0.3, -0.25) is 4.98 Å². The molecule has 1 aromatic rings. The number of rotatable bonds is 1. The Morgan fingerprint density at radius 1 is 1.31 bits per heavy atom. The Bertz CT molecular complexity index is 483. The van der Waals surface area contributed by atoms with Crippen molar-refractivity contribution in [1.82, 2.24) is 4.98 Å². The smallest absolute Gasteiger partial charge is 0.141 e. The van der Waals surface area contributed by atoms with E-state index < -0.39 is 11.3 Å². The van der Waals surface area contributed by atoms with Gasteiger partial charge in [0.15, 0.2) is 0 Å². The first-order valence-electron chi connectivity index (χ1n) is 5.55. The summed E-state index contributed by atoms with van der Waals surface area (Å²) in [6.45, 7) is 1.93. The first-order chi connectivity index (χ1) is 7.51. The Balaban J connectivity index is 2.09. The number of allylic oxidation sites excluding steroid dienone is 2. The minimum Gasteiger partial charge on any atom is -0.256 e. The summed E-state index contributed by atoms with van der Waals surface area (Å²) in [6.07, 6.45) is 3.65. The van der Waals surface area contributed by atoms with E-state index in [-0.39, 0.29) is 12.8 Å². The van der Waals surface area contributed by atoms with Gasteiger partial charge in [-0.15, -0.1) is 0 Å². The standard InChI is InChI=1S/C13H13F2N/c1-9-2-5-16-11(6-9)10-7-12(14)3-4-13(10,15)8-12/h2,5-7H,3-4,8H2,1H3. The molecule has 2 unspecified atom stereocenters. The third-order valence-corrected chi connectivity index (χ3v) is 3.59. The lowest BCUT2D eigenvalue weighted by Gasteiger charge is -2.20. The fourth-order valence-electron chi connectivity index (χ4n) is 2.78. The minimum atomic E-state index is -1.49. The molecule has 0 aliphatic heterocycles. The van der Waals surface area contributed by atoms with E-state index in [1.54, 1.807) is 6.20 Å². The van der Waals surface area contributed by atoms with E-state index in [0.29, 0.717) is 17.7 Å². The molecule has 0 radical (unpaired) electrons. The maximum Gasteiger partial charge on any atom is 0.141 e. The third-order valence-electron chi connectivity index (χ3n) is 3.59. The molecule has 2 atom stereocenters. The van der Waals surface area contributed by atoms with Crippen LogP contribution in [0, 0.1) is 6.92 Å². The molecule has 1 fully saturated rings. The summed E-state index contributed by atoms with van der Waals surface area (Å²) >= 11 is 0. The van der Waals surface area contributed by atoms with Crippen molar-refractivity contribution in [1.29, 1.82) is 0 Å². The van der Waals surface area contributed by atoms with E-state index in [4.69, 9.17) is 0 Å². The molecule has 0 amide bonds. The van der Waals surface area contributed by atoms with Gasteiger partial charge >= 0.3 is 0 Å². The maximum absolute atomic E-state index is 14.5. The Labute approximate surface area is 93.2 Å². The van der Waals surface area contributed by atoms with Crippen molar-refractivity contribution < 1.29 is 8.78 Å². The van der Waals surface area contributed by atoms with Crippen LogP contribution in [0.5, 0.6) is 0 Å². The number of hydrogen-bond donors (Lipinski definition) is 0. The summed E-state index contributed by atoms with van der Waals surface area (Å²) in [5.41, 5.74) is -0.873. The van der Waals surface area contributed by atoms with Crippen molar-refractivity contribution in [2.75, 3.05) is 0 Å². The first kappa shape index (κ1) is 9.94. The second-order valence-electron chi connectivity index (χ2n) is 4.95. The van der Waals surface area contributed by atoms with E-state index in [1.807, 2.05) is 19.1 Å². The van der Waals surface area contributed by atoms with Gasteiger partial charge in [0.1, 0.15) is 11.3 Å². The molecule has 0 spiro atoms. The summed E-state index contributed by atoms with van der Waals surface area (Å²) in [5, 5.41) is 0. The molecule has 1 aromatic heterocycles. The average molecular weight is 221 g/mol. The zero-order valence-electron chi connectivity index (χ0n) is 9.13. The molecule has 1 nitrogen and oxygen atoms in total. The van der Waals surface area contributed by atoms with Gasteiger partial charge in [-0.1, -0.05) is 0 Å². The van der Waals surface area contributed by atoms with Crippen molar-refractivity contribution in [3.05, 3.63) is 35.7 Å². The molecule has 1 heterocycles. The Hall–Kier alpha value is -1.25. The summed E-state index contributed by atoms with van der Waals surface area (Å²) in [5.74, 6) is 0.